The number of rotatable bonds is 4. The van der Waals surface area contributed by atoms with Gasteiger partial charge in [-0.05, 0) is 30.5 Å². The van der Waals surface area contributed by atoms with E-state index in [1.54, 1.807) is 0 Å². The van der Waals surface area contributed by atoms with Crippen molar-refractivity contribution in [3.63, 3.8) is 0 Å². The van der Waals surface area contributed by atoms with Crippen LogP contribution in [0.3, 0.4) is 0 Å². The molecule has 0 aliphatic carbocycles. The van der Waals surface area contributed by atoms with E-state index in [1.807, 2.05) is 38.1 Å². The third-order valence-electron chi connectivity index (χ3n) is 2.01. The second-order valence-electron chi connectivity index (χ2n) is 3.27. The zero-order valence-corrected chi connectivity index (χ0v) is 10.6. The normalized spacial score (nSPS) is 11.5. The highest BCUT2D eigenvalue weighted by molar-refractivity contribution is 6.30. The lowest BCUT2D eigenvalue weighted by atomic mass is 10.1. The topological polar surface area (TPSA) is 20.2 Å². The molecule has 0 saturated heterocycles. The predicted octanol–water partition coefficient (Wildman–Crippen LogP) is 4.07. The first kappa shape index (κ1) is 14.5. The standard InChI is InChI=1S/C11H15ClO.C2H6/c1-2-3-11(13)8-9-4-6-10(12)7-5-9;1-2/h4-7,11,13H,2-3,8H2,1H3;1-2H3. The molecule has 2 heteroatoms. The Kier molecular flexibility index (Phi) is 8.44. The van der Waals surface area contributed by atoms with Crippen LogP contribution in [0.25, 0.3) is 0 Å². The Morgan fingerprint density at radius 1 is 1.20 bits per heavy atom. The van der Waals surface area contributed by atoms with E-state index in [0.717, 1.165) is 29.8 Å². The molecule has 0 amide bonds. The fourth-order valence-electron chi connectivity index (χ4n) is 1.33. The lowest BCUT2D eigenvalue weighted by molar-refractivity contribution is 0.164. The molecule has 0 aliphatic rings. The predicted molar refractivity (Wildman–Crippen MR) is 67.4 cm³/mol. The Balaban J connectivity index is 0.000000921. The fraction of sp³-hybridized carbons (Fsp3) is 0.538. The maximum absolute atomic E-state index is 9.54. The maximum atomic E-state index is 9.54. The van der Waals surface area contributed by atoms with Gasteiger partial charge in [-0.3, -0.25) is 0 Å². The first-order valence-corrected chi connectivity index (χ1v) is 6.02. The average Bonchev–Trinajstić information content (AvgIpc) is 2.25. The molecule has 0 bridgehead atoms. The van der Waals surface area contributed by atoms with Crippen molar-refractivity contribution in [1.29, 1.82) is 0 Å². The molecule has 15 heavy (non-hydrogen) atoms. The summed E-state index contributed by atoms with van der Waals surface area (Å²) in [4.78, 5) is 0. The number of halogens is 1. The molecule has 0 saturated carbocycles. The second-order valence-corrected chi connectivity index (χ2v) is 3.71. The Labute approximate surface area is 98.1 Å². The first-order chi connectivity index (χ1) is 7.22. The molecule has 86 valence electrons. The summed E-state index contributed by atoms with van der Waals surface area (Å²) in [6, 6.07) is 7.63. The van der Waals surface area contributed by atoms with Crippen LogP contribution in [0, 0.1) is 0 Å². The number of aliphatic hydroxyl groups excluding tert-OH is 1. The van der Waals surface area contributed by atoms with Crippen LogP contribution in [0.15, 0.2) is 24.3 Å². The van der Waals surface area contributed by atoms with Gasteiger partial charge in [0.25, 0.3) is 0 Å². The molecule has 1 unspecified atom stereocenters. The molecule has 0 fully saturated rings. The average molecular weight is 229 g/mol. The fourth-order valence-corrected chi connectivity index (χ4v) is 1.45. The minimum atomic E-state index is -0.217. The third kappa shape index (κ3) is 6.53. The molecule has 1 nitrogen and oxygen atoms in total. The van der Waals surface area contributed by atoms with E-state index in [2.05, 4.69) is 6.92 Å². The molecular formula is C13H21ClO. The third-order valence-corrected chi connectivity index (χ3v) is 2.26. The number of hydrogen-bond donors (Lipinski definition) is 1. The highest BCUT2D eigenvalue weighted by Crippen LogP contribution is 2.12. The van der Waals surface area contributed by atoms with Crippen LogP contribution in [0.2, 0.25) is 5.02 Å². The molecule has 1 aromatic rings. The highest BCUT2D eigenvalue weighted by atomic mass is 35.5. The van der Waals surface area contributed by atoms with Crippen LogP contribution < -0.4 is 0 Å². The Bertz CT molecular complexity index is 243. The van der Waals surface area contributed by atoms with Crippen molar-refractivity contribution >= 4 is 11.6 Å². The van der Waals surface area contributed by atoms with Crippen molar-refractivity contribution in [1.82, 2.24) is 0 Å². The van der Waals surface area contributed by atoms with Gasteiger partial charge in [0.15, 0.2) is 0 Å². The van der Waals surface area contributed by atoms with E-state index in [9.17, 15) is 5.11 Å². The second kappa shape index (κ2) is 8.75. The maximum Gasteiger partial charge on any atom is 0.0580 e. The molecule has 1 rings (SSSR count). The minimum absolute atomic E-state index is 0.217. The SMILES string of the molecule is CC.CCCC(O)Cc1ccc(Cl)cc1. The molecule has 1 N–H and O–H groups in total. The molecule has 0 spiro atoms. The van der Waals surface area contributed by atoms with Crippen molar-refractivity contribution < 1.29 is 5.11 Å². The van der Waals surface area contributed by atoms with Crippen molar-refractivity contribution in [2.75, 3.05) is 0 Å². The summed E-state index contributed by atoms with van der Waals surface area (Å²) in [5.74, 6) is 0. The van der Waals surface area contributed by atoms with Crippen molar-refractivity contribution in [2.24, 2.45) is 0 Å². The molecule has 1 aromatic carbocycles. The smallest absolute Gasteiger partial charge is 0.0580 e. The summed E-state index contributed by atoms with van der Waals surface area (Å²) in [7, 11) is 0. The van der Waals surface area contributed by atoms with Gasteiger partial charge in [-0.15, -0.1) is 0 Å². The zero-order chi connectivity index (χ0) is 11.7. The number of aliphatic hydroxyl groups is 1. The quantitative estimate of drug-likeness (QED) is 0.824. The van der Waals surface area contributed by atoms with Crippen LogP contribution in [0.4, 0.5) is 0 Å². The molecule has 0 radical (unpaired) electrons. The van der Waals surface area contributed by atoms with Gasteiger partial charge in [0.2, 0.25) is 0 Å². The summed E-state index contributed by atoms with van der Waals surface area (Å²) in [6.45, 7) is 6.07. The van der Waals surface area contributed by atoms with Gasteiger partial charge in [-0.25, -0.2) is 0 Å². The van der Waals surface area contributed by atoms with E-state index in [0.29, 0.717) is 0 Å². The van der Waals surface area contributed by atoms with Crippen LogP contribution in [0.5, 0.6) is 0 Å². The Morgan fingerprint density at radius 3 is 2.20 bits per heavy atom. The lowest BCUT2D eigenvalue weighted by Crippen LogP contribution is -2.09. The summed E-state index contributed by atoms with van der Waals surface area (Å²) in [6.07, 6.45) is 2.40. The number of hydrogen-bond acceptors (Lipinski definition) is 1. The Hall–Kier alpha value is -0.530. The van der Waals surface area contributed by atoms with Crippen molar-refractivity contribution in [2.45, 2.75) is 46.1 Å². The van der Waals surface area contributed by atoms with E-state index in [1.165, 1.54) is 0 Å². The van der Waals surface area contributed by atoms with Gasteiger partial charge in [-0.2, -0.15) is 0 Å². The first-order valence-electron chi connectivity index (χ1n) is 5.65. The van der Waals surface area contributed by atoms with Crippen molar-refractivity contribution in [3.05, 3.63) is 34.9 Å². The van der Waals surface area contributed by atoms with Crippen molar-refractivity contribution in [3.8, 4) is 0 Å². The van der Waals surface area contributed by atoms with E-state index in [-0.39, 0.29) is 6.10 Å². The zero-order valence-electron chi connectivity index (χ0n) is 9.83. The van der Waals surface area contributed by atoms with Crippen LogP contribution in [0.1, 0.15) is 39.2 Å². The van der Waals surface area contributed by atoms with E-state index >= 15 is 0 Å². The molecule has 1 atom stereocenters. The van der Waals surface area contributed by atoms with E-state index < -0.39 is 0 Å². The summed E-state index contributed by atoms with van der Waals surface area (Å²) < 4.78 is 0. The van der Waals surface area contributed by atoms with Gasteiger partial charge in [0, 0.05) is 5.02 Å². The van der Waals surface area contributed by atoms with Crippen LogP contribution in [-0.4, -0.2) is 11.2 Å². The van der Waals surface area contributed by atoms with Gasteiger partial charge in [-0.1, -0.05) is 50.9 Å². The summed E-state index contributed by atoms with van der Waals surface area (Å²) in [5, 5.41) is 10.3. The van der Waals surface area contributed by atoms with Gasteiger partial charge in [0.1, 0.15) is 0 Å². The van der Waals surface area contributed by atoms with Gasteiger partial charge >= 0.3 is 0 Å². The molecule has 0 aliphatic heterocycles. The molecular weight excluding hydrogens is 208 g/mol. The van der Waals surface area contributed by atoms with Crippen LogP contribution >= 0.6 is 11.6 Å². The van der Waals surface area contributed by atoms with E-state index in [4.69, 9.17) is 11.6 Å². The Morgan fingerprint density at radius 2 is 1.73 bits per heavy atom. The summed E-state index contributed by atoms with van der Waals surface area (Å²) >= 11 is 5.75. The highest BCUT2D eigenvalue weighted by Gasteiger charge is 2.03. The molecule has 0 aromatic heterocycles. The number of benzene rings is 1. The lowest BCUT2D eigenvalue weighted by Gasteiger charge is -2.08. The van der Waals surface area contributed by atoms with Gasteiger partial charge in [0.05, 0.1) is 6.10 Å². The molecule has 0 heterocycles. The van der Waals surface area contributed by atoms with Crippen LogP contribution in [-0.2, 0) is 6.42 Å². The summed E-state index contributed by atoms with van der Waals surface area (Å²) in [5.41, 5.74) is 1.14. The largest absolute Gasteiger partial charge is 0.393 e. The minimum Gasteiger partial charge on any atom is -0.393 e. The monoisotopic (exact) mass is 228 g/mol. The van der Waals surface area contributed by atoms with Gasteiger partial charge < -0.3 is 5.11 Å².